The molecule has 6 heteroatoms. The SMILES string of the molecule is Cc1cc(C=C2C(=O)c3ccccc3C2=O)c(C)n1-c1sc2c(c1C(=O)Nc1ccccc1)CCCC2. The van der Waals surface area contributed by atoms with Gasteiger partial charge in [0, 0.05) is 33.1 Å². The van der Waals surface area contributed by atoms with Crippen LogP contribution in [-0.4, -0.2) is 22.0 Å². The number of amides is 1. The van der Waals surface area contributed by atoms with Gasteiger partial charge in [-0.3, -0.25) is 14.4 Å². The number of fused-ring (bicyclic) bond motifs is 2. The number of anilines is 1. The van der Waals surface area contributed by atoms with Crippen LogP contribution in [0.4, 0.5) is 5.69 Å². The molecule has 2 aromatic carbocycles. The van der Waals surface area contributed by atoms with Gasteiger partial charge < -0.3 is 9.88 Å². The number of hydrogen-bond acceptors (Lipinski definition) is 4. The van der Waals surface area contributed by atoms with Gasteiger partial charge in [-0.15, -0.1) is 11.3 Å². The van der Waals surface area contributed by atoms with Crippen molar-refractivity contribution in [1.29, 1.82) is 0 Å². The summed E-state index contributed by atoms with van der Waals surface area (Å²) in [7, 11) is 0. The van der Waals surface area contributed by atoms with E-state index in [1.165, 1.54) is 4.88 Å². The fourth-order valence-corrected chi connectivity index (χ4v) is 6.96. The fraction of sp³-hybridized carbons (Fsp3) is 0.194. The van der Waals surface area contributed by atoms with Gasteiger partial charge in [0.05, 0.1) is 11.1 Å². The van der Waals surface area contributed by atoms with Crippen molar-refractivity contribution in [2.75, 3.05) is 5.32 Å². The molecular weight excluding hydrogens is 480 g/mol. The Balaban J connectivity index is 1.44. The number of rotatable bonds is 4. The average molecular weight is 507 g/mol. The molecule has 1 amide bonds. The van der Waals surface area contributed by atoms with Crippen LogP contribution in [0.2, 0.25) is 0 Å². The molecule has 5 nitrogen and oxygen atoms in total. The second-order valence-electron chi connectivity index (χ2n) is 9.63. The van der Waals surface area contributed by atoms with Crippen LogP contribution in [0.5, 0.6) is 0 Å². The molecule has 0 spiro atoms. The van der Waals surface area contributed by atoms with Crippen molar-refractivity contribution in [3.05, 3.63) is 110 Å². The molecule has 184 valence electrons. The number of hydrogen-bond donors (Lipinski definition) is 1. The summed E-state index contributed by atoms with van der Waals surface area (Å²) < 4.78 is 2.10. The predicted octanol–water partition coefficient (Wildman–Crippen LogP) is 6.75. The molecule has 1 N–H and O–H groups in total. The highest BCUT2D eigenvalue weighted by Crippen LogP contribution is 2.39. The van der Waals surface area contributed by atoms with Gasteiger partial charge >= 0.3 is 0 Å². The Kier molecular flexibility index (Phi) is 5.76. The second-order valence-corrected chi connectivity index (χ2v) is 10.7. The molecule has 2 aliphatic carbocycles. The van der Waals surface area contributed by atoms with Crippen LogP contribution < -0.4 is 5.32 Å². The highest BCUT2D eigenvalue weighted by Gasteiger charge is 2.33. The lowest BCUT2D eigenvalue weighted by molar-refractivity contribution is 0.0987. The summed E-state index contributed by atoms with van der Waals surface area (Å²) in [5.41, 5.74) is 6.39. The minimum absolute atomic E-state index is 0.107. The van der Waals surface area contributed by atoms with Gasteiger partial charge in [-0.1, -0.05) is 42.5 Å². The molecule has 0 radical (unpaired) electrons. The Morgan fingerprint density at radius 1 is 0.919 bits per heavy atom. The molecule has 0 saturated heterocycles. The van der Waals surface area contributed by atoms with E-state index < -0.39 is 0 Å². The molecule has 0 fully saturated rings. The Morgan fingerprint density at radius 2 is 1.57 bits per heavy atom. The number of Topliss-reactive ketones (excluding diaryl/α,β-unsaturated/α-hetero) is 2. The number of para-hydroxylation sites is 1. The van der Waals surface area contributed by atoms with Gasteiger partial charge in [-0.25, -0.2) is 0 Å². The zero-order valence-corrected chi connectivity index (χ0v) is 21.6. The zero-order chi connectivity index (χ0) is 25.7. The van der Waals surface area contributed by atoms with Crippen LogP contribution in [0, 0.1) is 13.8 Å². The number of ketones is 2. The third kappa shape index (κ3) is 3.89. The molecular formula is C31H26N2O3S. The number of carbonyl (C=O) groups is 3. The van der Waals surface area contributed by atoms with Crippen molar-refractivity contribution in [2.45, 2.75) is 39.5 Å². The lowest BCUT2D eigenvalue weighted by atomic mass is 9.95. The number of aromatic nitrogens is 1. The lowest BCUT2D eigenvalue weighted by Gasteiger charge is -2.14. The molecule has 0 atom stereocenters. The molecule has 4 aromatic rings. The van der Waals surface area contributed by atoms with Gasteiger partial charge in [0.1, 0.15) is 5.00 Å². The summed E-state index contributed by atoms with van der Waals surface area (Å²) in [6.07, 6.45) is 5.77. The normalized spacial score (nSPS) is 14.5. The smallest absolute Gasteiger partial charge is 0.258 e. The zero-order valence-electron chi connectivity index (χ0n) is 20.8. The molecule has 6 rings (SSSR count). The summed E-state index contributed by atoms with van der Waals surface area (Å²) in [5.74, 6) is -0.579. The Labute approximate surface area is 219 Å². The largest absolute Gasteiger partial charge is 0.322 e. The van der Waals surface area contributed by atoms with Gasteiger partial charge in [-0.05, 0) is 74.9 Å². The Hall–Kier alpha value is -4.03. The summed E-state index contributed by atoms with van der Waals surface area (Å²) in [4.78, 5) is 40.9. The van der Waals surface area contributed by atoms with Crippen molar-refractivity contribution in [1.82, 2.24) is 4.57 Å². The first-order chi connectivity index (χ1) is 17.9. The first-order valence-corrected chi connectivity index (χ1v) is 13.4. The van der Waals surface area contributed by atoms with E-state index in [1.54, 1.807) is 41.7 Å². The van der Waals surface area contributed by atoms with Gasteiger partial charge in [-0.2, -0.15) is 0 Å². The van der Waals surface area contributed by atoms with Crippen LogP contribution in [0.1, 0.15) is 71.3 Å². The van der Waals surface area contributed by atoms with Crippen LogP contribution in [0.3, 0.4) is 0 Å². The number of nitrogens with one attached hydrogen (secondary N) is 1. The van der Waals surface area contributed by atoms with E-state index in [0.29, 0.717) is 11.1 Å². The van der Waals surface area contributed by atoms with E-state index in [4.69, 9.17) is 0 Å². The van der Waals surface area contributed by atoms with Gasteiger partial charge in [0.2, 0.25) is 0 Å². The standard InChI is InChI=1S/C31H26N2O3S/c1-18-16-20(17-25-28(34)22-12-6-7-13-23(22)29(25)35)19(2)33(18)31-27(24-14-8-9-15-26(24)37-31)30(36)32-21-10-4-3-5-11-21/h3-7,10-13,16-17H,8-9,14-15H2,1-2H3,(H,32,36). The molecule has 2 heterocycles. The second kappa shape index (κ2) is 9.12. The number of nitrogens with zero attached hydrogens (tertiary/aromatic N) is 1. The number of carbonyl (C=O) groups excluding carboxylic acids is 3. The van der Waals surface area contributed by atoms with Gasteiger partial charge in [0.15, 0.2) is 11.6 Å². The topological polar surface area (TPSA) is 68.2 Å². The quantitative estimate of drug-likeness (QED) is 0.246. The van der Waals surface area contributed by atoms with E-state index in [2.05, 4.69) is 9.88 Å². The van der Waals surface area contributed by atoms with Crippen LogP contribution in [0.25, 0.3) is 11.1 Å². The van der Waals surface area contributed by atoms with E-state index in [9.17, 15) is 14.4 Å². The third-order valence-electron chi connectivity index (χ3n) is 7.29. The number of aryl methyl sites for hydroxylation is 2. The van der Waals surface area contributed by atoms with E-state index in [1.807, 2.05) is 50.2 Å². The summed E-state index contributed by atoms with van der Waals surface area (Å²) in [6, 6.07) is 18.5. The lowest BCUT2D eigenvalue weighted by Crippen LogP contribution is -2.17. The molecule has 0 bridgehead atoms. The molecule has 2 aromatic heterocycles. The third-order valence-corrected chi connectivity index (χ3v) is 8.57. The first-order valence-electron chi connectivity index (χ1n) is 12.5. The molecule has 0 unspecified atom stereocenters. The van der Waals surface area contributed by atoms with Crippen molar-refractivity contribution in [3.8, 4) is 5.00 Å². The number of benzene rings is 2. The summed E-state index contributed by atoms with van der Waals surface area (Å²) in [6.45, 7) is 3.98. The average Bonchev–Trinajstić information content (AvgIpc) is 3.50. The number of thiophene rings is 1. The number of allylic oxidation sites excluding steroid dienone is 1. The fourth-order valence-electron chi connectivity index (χ4n) is 5.46. The van der Waals surface area contributed by atoms with Crippen molar-refractivity contribution in [2.24, 2.45) is 0 Å². The monoisotopic (exact) mass is 506 g/mol. The highest BCUT2D eigenvalue weighted by atomic mass is 32.1. The predicted molar refractivity (Wildman–Crippen MR) is 147 cm³/mol. The molecule has 0 saturated carbocycles. The van der Waals surface area contributed by atoms with E-state index in [-0.39, 0.29) is 23.0 Å². The van der Waals surface area contributed by atoms with Crippen molar-refractivity contribution in [3.63, 3.8) is 0 Å². The Morgan fingerprint density at radius 3 is 2.27 bits per heavy atom. The summed E-state index contributed by atoms with van der Waals surface area (Å²) in [5, 5.41) is 3.98. The minimum Gasteiger partial charge on any atom is -0.322 e. The molecule has 2 aliphatic rings. The highest BCUT2D eigenvalue weighted by molar-refractivity contribution is 7.15. The van der Waals surface area contributed by atoms with Gasteiger partial charge in [0.25, 0.3) is 5.91 Å². The maximum absolute atomic E-state index is 13.6. The van der Waals surface area contributed by atoms with Crippen molar-refractivity contribution < 1.29 is 14.4 Å². The maximum Gasteiger partial charge on any atom is 0.258 e. The van der Waals surface area contributed by atoms with E-state index >= 15 is 0 Å². The first kappa shape index (κ1) is 23.4. The van der Waals surface area contributed by atoms with Crippen LogP contribution in [-0.2, 0) is 12.8 Å². The summed E-state index contributed by atoms with van der Waals surface area (Å²) >= 11 is 1.68. The minimum atomic E-state index is -0.236. The van der Waals surface area contributed by atoms with E-state index in [0.717, 1.165) is 64.4 Å². The van der Waals surface area contributed by atoms with Crippen LogP contribution >= 0.6 is 11.3 Å². The van der Waals surface area contributed by atoms with Crippen molar-refractivity contribution >= 4 is 40.6 Å². The maximum atomic E-state index is 13.6. The molecule has 0 aliphatic heterocycles. The van der Waals surface area contributed by atoms with Crippen LogP contribution in [0.15, 0.2) is 66.2 Å². The Bertz CT molecular complexity index is 1580. The molecule has 37 heavy (non-hydrogen) atoms.